The summed E-state index contributed by atoms with van der Waals surface area (Å²) in [6.45, 7) is 5.53. The first-order valence-corrected chi connectivity index (χ1v) is 8.14. The van der Waals surface area contributed by atoms with Crippen molar-refractivity contribution in [2.24, 2.45) is 0 Å². The number of nitrogens with zero attached hydrogens (tertiary/aromatic N) is 2. The molecule has 1 aliphatic rings. The number of carbonyl (C=O) groups excluding carboxylic acids is 1. The van der Waals surface area contributed by atoms with E-state index in [0.29, 0.717) is 6.42 Å². The molecule has 6 nitrogen and oxygen atoms in total. The third kappa shape index (κ3) is 3.15. The summed E-state index contributed by atoms with van der Waals surface area (Å²) in [6, 6.07) is 1.21. The highest BCUT2D eigenvalue weighted by Crippen LogP contribution is 2.14. The van der Waals surface area contributed by atoms with Gasteiger partial charge in [-0.15, -0.1) is 0 Å². The van der Waals surface area contributed by atoms with Crippen LogP contribution in [0.1, 0.15) is 30.8 Å². The molecule has 2 rings (SSSR count). The van der Waals surface area contributed by atoms with E-state index in [4.69, 9.17) is 0 Å². The standard InChI is InChI=1S/C12H19N3O3S/c1-8-6-9(2)15(14-8)10(3)12(16)13-11-4-5-19(17,18)7-11/h6,10-11H,4-5,7H2,1-3H3,(H,13,16). The normalized spacial score (nSPS) is 23.2. The number of nitrogens with one attached hydrogen (secondary N) is 1. The molecule has 1 N–H and O–H groups in total. The molecule has 2 heterocycles. The first-order chi connectivity index (χ1) is 8.78. The predicted molar refractivity (Wildman–Crippen MR) is 71.6 cm³/mol. The van der Waals surface area contributed by atoms with E-state index in [-0.39, 0.29) is 23.5 Å². The summed E-state index contributed by atoms with van der Waals surface area (Å²) >= 11 is 0. The molecular formula is C12H19N3O3S. The lowest BCUT2D eigenvalue weighted by Crippen LogP contribution is -2.40. The van der Waals surface area contributed by atoms with Gasteiger partial charge in [-0.3, -0.25) is 9.48 Å². The van der Waals surface area contributed by atoms with Crippen LogP contribution in [0.3, 0.4) is 0 Å². The van der Waals surface area contributed by atoms with Crippen molar-refractivity contribution in [1.82, 2.24) is 15.1 Å². The summed E-state index contributed by atoms with van der Waals surface area (Å²) in [5, 5.41) is 7.06. The monoisotopic (exact) mass is 285 g/mol. The largest absolute Gasteiger partial charge is 0.350 e. The minimum Gasteiger partial charge on any atom is -0.350 e. The van der Waals surface area contributed by atoms with Crippen molar-refractivity contribution in [3.8, 4) is 0 Å². The van der Waals surface area contributed by atoms with Gasteiger partial charge in [-0.1, -0.05) is 0 Å². The van der Waals surface area contributed by atoms with E-state index in [1.807, 2.05) is 19.9 Å². The molecule has 0 saturated carbocycles. The minimum absolute atomic E-state index is 0.0442. The lowest BCUT2D eigenvalue weighted by atomic mass is 10.2. The minimum atomic E-state index is -2.97. The molecule has 0 spiro atoms. The number of hydrogen-bond donors (Lipinski definition) is 1. The molecule has 1 saturated heterocycles. The van der Waals surface area contributed by atoms with Crippen LogP contribution in [0.5, 0.6) is 0 Å². The van der Waals surface area contributed by atoms with Crippen molar-refractivity contribution in [3.63, 3.8) is 0 Å². The molecule has 2 atom stereocenters. The van der Waals surface area contributed by atoms with Crippen LogP contribution in [-0.4, -0.2) is 41.7 Å². The first kappa shape index (κ1) is 14.0. The number of rotatable bonds is 3. The van der Waals surface area contributed by atoms with Crippen molar-refractivity contribution in [3.05, 3.63) is 17.5 Å². The van der Waals surface area contributed by atoms with Gasteiger partial charge in [0.2, 0.25) is 5.91 Å². The maximum Gasteiger partial charge on any atom is 0.244 e. The maximum absolute atomic E-state index is 12.1. The average molecular weight is 285 g/mol. The van der Waals surface area contributed by atoms with E-state index in [0.717, 1.165) is 11.4 Å². The second-order valence-corrected chi connectivity index (χ2v) is 7.38. The van der Waals surface area contributed by atoms with E-state index >= 15 is 0 Å². The smallest absolute Gasteiger partial charge is 0.244 e. The fourth-order valence-corrected chi connectivity index (χ4v) is 4.05. The number of amides is 1. The van der Waals surface area contributed by atoms with Gasteiger partial charge < -0.3 is 5.32 Å². The van der Waals surface area contributed by atoms with Gasteiger partial charge >= 0.3 is 0 Å². The Morgan fingerprint density at radius 1 is 1.53 bits per heavy atom. The SMILES string of the molecule is Cc1cc(C)n(C(C)C(=O)NC2CCS(=O)(=O)C2)n1. The molecule has 106 valence electrons. The number of carbonyl (C=O) groups is 1. The van der Waals surface area contributed by atoms with Gasteiger partial charge in [-0.2, -0.15) is 5.10 Å². The highest BCUT2D eigenvalue weighted by Gasteiger charge is 2.30. The molecule has 1 aliphatic heterocycles. The Balaban J connectivity index is 2.02. The third-order valence-electron chi connectivity index (χ3n) is 3.37. The van der Waals surface area contributed by atoms with Crippen LogP contribution in [0.4, 0.5) is 0 Å². The van der Waals surface area contributed by atoms with Crippen molar-refractivity contribution in [2.75, 3.05) is 11.5 Å². The summed E-state index contributed by atoms with van der Waals surface area (Å²) < 4.78 is 24.4. The molecule has 0 bridgehead atoms. The fraction of sp³-hybridized carbons (Fsp3) is 0.667. The molecule has 1 aromatic heterocycles. The number of aromatic nitrogens is 2. The predicted octanol–water partition coefficient (Wildman–Crippen LogP) is 0.364. The molecular weight excluding hydrogens is 266 g/mol. The van der Waals surface area contributed by atoms with Crippen molar-refractivity contribution in [2.45, 2.75) is 39.3 Å². The average Bonchev–Trinajstić information content (AvgIpc) is 2.80. The van der Waals surface area contributed by atoms with Gasteiger partial charge in [-0.05, 0) is 33.3 Å². The zero-order valence-electron chi connectivity index (χ0n) is 11.4. The van der Waals surface area contributed by atoms with E-state index in [2.05, 4.69) is 10.4 Å². The summed E-state index contributed by atoms with van der Waals surface area (Å²) in [5.41, 5.74) is 1.78. The lowest BCUT2D eigenvalue weighted by molar-refractivity contribution is -0.124. The van der Waals surface area contributed by atoms with Gasteiger partial charge in [0.1, 0.15) is 6.04 Å². The van der Waals surface area contributed by atoms with Crippen LogP contribution in [0.2, 0.25) is 0 Å². The van der Waals surface area contributed by atoms with Gasteiger partial charge in [0.25, 0.3) is 0 Å². The second kappa shape index (κ2) is 4.96. The molecule has 1 aromatic rings. The van der Waals surface area contributed by atoms with Gasteiger partial charge in [0.15, 0.2) is 9.84 Å². The molecule has 1 amide bonds. The highest BCUT2D eigenvalue weighted by atomic mass is 32.2. The van der Waals surface area contributed by atoms with E-state index < -0.39 is 15.9 Å². The van der Waals surface area contributed by atoms with E-state index in [1.54, 1.807) is 11.6 Å². The molecule has 2 unspecified atom stereocenters. The number of aryl methyl sites for hydroxylation is 2. The summed E-state index contributed by atoms with van der Waals surface area (Å²) in [7, 11) is -2.97. The summed E-state index contributed by atoms with van der Waals surface area (Å²) in [5.74, 6) is 0.0164. The van der Waals surface area contributed by atoms with Crippen molar-refractivity contribution < 1.29 is 13.2 Å². The zero-order valence-corrected chi connectivity index (χ0v) is 12.2. The Morgan fingerprint density at radius 2 is 2.21 bits per heavy atom. The quantitative estimate of drug-likeness (QED) is 0.869. The maximum atomic E-state index is 12.1. The Hall–Kier alpha value is -1.37. The Labute approximate surface area is 113 Å². The third-order valence-corrected chi connectivity index (χ3v) is 5.14. The van der Waals surface area contributed by atoms with E-state index in [9.17, 15) is 13.2 Å². The summed E-state index contributed by atoms with van der Waals surface area (Å²) in [4.78, 5) is 12.1. The van der Waals surface area contributed by atoms with Crippen LogP contribution >= 0.6 is 0 Å². The first-order valence-electron chi connectivity index (χ1n) is 6.32. The molecule has 0 aliphatic carbocycles. The Morgan fingerprint density at radius 3 is 2.68 bits per heavy atom. The van der Waals surface area contributed by atoms with Crippen molar-refractivity contribution in [1.29, 1.82) is 0 Å². The fourth-order valence-electron chi connectivity index (χ4n) is 2.38. The molecule has 0 aromatic carbocycles. The highest BCUT2D eigenvalue weighted by molar-refractivity contribution is 7.91. The van der Waals surface area contributed by atoms with Crippen LogP contribution in [0.25, 0.3) is 0 Å². The van der Waals surface area contributed by atoms with E-state index in [1.165, 1.54) is 0 Å². The van der Waals surface area contributed by atoms with Crippen LogP contribution in [0.15, 0.2) is 6.07 Å². The van der Waals surface area contributed by atoms with Crippen molar-refractivity contribution >= 4 is 15.7 Å². The lowest BCUT2D eigenvalue weighted by Gasteiger charge is -2.17. The van der Waals surface area contributed by atoms with Crippen LogP contribution < -0.4 is 5.32 Å². The Kier molecular flexibility index (Phi) is 3.66. The van der Waals surface area contributed by atoms with Gasteiger partial charge in [0.05, 0.1) is 17.2 Å². The van der Waals surface area contributed by atoms with Crippen LogP contribution in [-0.2, 0) is 14.6 Å². The second-order valence-electron chi connectivity index (χ2n) is 5.16. The Bertz CT molecular complexity index is 591. The number of hydrogen-bond acceptors (Lipinski definition) is 4. The number of sulfone groups is 1. The molecule has 19 heavy (non-hydrogen) atoms. The zero-order chi connectivity index (χ0) is 14.2. The molecule has 1 fully saturated rings. The van der Waals surface area contributed by atoms with Crippen LogP contribution in [0, 0.1) is 13.8 Å². The topological polar surface area (TPSA) is 81.1 Å². The molecule has 0 radical (unpaired) electrons. The van der Waals surface area contributed by atoms with Gasteiger partial charge in [-0.25, -0.2) is 8.42 Å². The molecule has 7 heteroatoms. The summed E-state index contributed by atoms with van der Waals surface area (Å²) in [6.07, 6.45) is 0.498. The van der Waals surface area contributed by atoms with Gasteiger partial charge in [0, 0.05) is 11.7 Å².